The van der Waals surface area contributed by atoms with Crippen molar-refractivity contribution in [2.45, 2.75) is 30.6 Å². The van der Waals surface area contributed by atoms with E-state index in [0.717, 1.165) is 0 Å². The van der Waals surface area contributed by atoms with Gasteiger partial charge in [-0.1, -0.05) is 166 Å². The van der Waals surface area contributed by atoms with Crippen molar-refractivity contribution in [2.75, 3.05) is 4.90 Å². The van der Waals surface area contributed by atoms with Crippen LogP contribution in [0.1, 0.15) is 69.8 Å². The van der Waals surface area contributed by atoms with E-state index in [4.69, 9.17) is 0 Å². The highest BCUT2D eigenvalue weighted by molar-refractivity contribution is 5.98. The Kier molecular flexibility index (Phi) is 5.89. The summed E-state index contributed by atoms with van der Waals surface area (Å²) in [6.45, 7) is 4.77. The van der Waals surface area contributed by atoms with E-state index in [9.17, 15) is 0 Å². The second kappa shape index (κ2) is 10.6. The van der Waals surface area contributed by atoms with Crippen LogP contribution in [0, 0.1) is 0 Å². The number of nitrogens with zero attached hydrogens (tertiary/aromatic N) is 1. The summed E-state index contributed by atoms with van der Waals surface area (Å²) in [6.07, 6.45) is 0. The molecule has 1 nitrogen and oxygen atoms in total. The fourth-order valence-corrected chi connectivity index (χ4v) is 10.9. The SMILES string of the molecule is CC1(C)c2ccccc2-c2ccc(N3c4ccc(-c5ccccc5)cc4C45c6ccccc6C(c6ccccc64)c4c(-c6ccccc6)ccc3c45)cc21. The molecule has 0 atom stereocenters. The highest BCUT2D eigenvalue weighted by Crippen LogP contribution is 2.69. The summed E-state index contributed by atoms with van der Waals surface area (Å²) in [4.78, 5) is 2.59. The van der Waals surface area contributed by atoms with Gasteiger partial charge in [0.25, 0.3) is 0 Å². The Morgan fingerprint density at radius 2 is 0.981 bits per heavy atom. The second-order valence-electron chi connectivity index (χ2n) is 16.0. The Morgan fingerprint density at radius 3 is 1.70 bits per heavy atom. The Morgan fingerprint density at radius 1 is 0.407 bits per heavy atom. The number of hydrogen-bond acceptors (Lipinski definition) is 1. The van der Waals surface area contributed by atoms with Crippen LogP contribution in [-0.4, -0.2) is 0 Å². The molecule has 13 rings (SSSR count). The highest BCUT2D eigenvalue weighted by atomic mass is 15.2. The molecule has 1 heterocycles. The maximum Gasteiger partial charge on any atom is 0.0751 e. The molecular weight excluding hydrogens is 651 g/mol. The monoisotopic (exact) mass is 687 g/mol. The lowest BCUT2D eigenvalue weighted by atomic mass is 9.48. The molecule has 254 valence electrons. The molecule has 54 heavy (non-hydrogen) atoms. The molecule has 8 aromatic carbocycles. The maximum atomic E-state index is 2.59. The Labute approximate surface area is 316 Å². The fourth-order valence-electron chi connectivity index (χ4n) is 10.9. The zero-order valence-electron chi connectivity index (χ0n) is 30.3. The third-order valence-electron chi connectivity index (χ3n) is 13.1. The molecule has 0 aromatic heterocycles. The molecule has 0 N–H and O–H groups in total. The first kappa shape index (κ1) is 30.1. The maximum absolute atomic E-state index is 2.59. The Bertz CT molecular complexity index is 2810. The average molecular weight is 688 g/mol. The van der Waals surface area contributed by atoms with Crippen molar-refractivity contribution in [3.05, 3.63) is 232 Å². The van der Waals surface area contributed by atoms with Gasteiger partial charge in [0.1, 0.15) is 0 Å². The van der Waals surface area contributed by atoms with Crippen molar-refractivity contribution in [2.24, 2.45) is 0 Å². The number of hydrogen-bond donors (Lipinski definition) is 0. The summed E-state index contributed by atoms with van der Waals surface area (Å²) in [6, 6.07) is 68.9. The average Bonchev–Trinajstić information content (AvgIpc) is 3.46. The first-order chi connectivity index (χ1) is 26.6. The second-order valence-corrected chi connectivity index (χ2v) is 16.0. The van der Waals surface area contributed by atoms with Crippen LogP contribution in [0.15, 0.2) is 182 Å². The largest absolute Gasteiger partial charge is 0.310 e. The minimum absolute atomic E-state index is 0.105. The van der Waals surface area contributed by atoms with Crippen molar-refractivity contribution >= 4 is 17.1 Å². The third kappa shape index (κ3) is 3.64. The molecule has 8 aromatic rings. The minimum atomic E-state index is -0.500. The van der Waals surface area contributed by atoms with E-state index in [0.29, 0.717) is 0 Å². The molecule has 2 bridgehead atoms. The number of benzene rings is 8. The Hall–Kier alpha value is -6.44. The smallest absolute Gasteiger partial charge is 0.0751 e. The van der Waals surface area contributed by atoms with Crippen LogP contribution < -0.4 is 4.90 Å². The van der Waals surface area contributed by atoms with Crippen molar-refractivity contribution in [3.63, 3.8) is 0 Å². The van der Waals surface area contributed by atoms with Crippen LogP contribution in [0.2, 0.25) is 0 Å². The number of fused-ring (bicyclic) bond motifs is 4. The van der Waals surface area contributed by atoms with Crippen molar-refractivity contribution in [1.29, 1.82) is 0 Å². The lowest BCUT2D eigenvalue weighted by molar-refractivity contribution is 0.623. The van der Waals surface area contributed by atoms with E-state index in [1.54, 1.807) is 0 Å². The fraction of sp³-hybridized carbons (Fsp3) is 0.0943. The molecular formula is C53H37N. The first-order valence-corrected chi connectivity index (χ1v) is 19.2. The van der Waals surface area contributed by atoms with Gasteiger partial charge in [0.05, 0.1) is 16.8 Å². The van der Waals surface area contributed by atoms with Crippen molar-refractivity contribution in [3.8, 4) is 33.4 Å². The van der Waals surface area contributed by atoms with Crippen LogP contribution in [0.5, 0.6) is 0 Å². The lowest BCUT2D eigenvalue weighted by Crippen LogP contribution is -2.47. The third-order valence-corrected chi connectivity index (χ3v) is 13.1. The van der Waals surface area contributed by atoms with Gasteiger partial charge in [0.15, 0.2) is 0 Å². The first-order valence-electron chi connectivity index (χ1n) is 19.2. The number of rotatable bonds is 3. The summed E-state index contributed by atoms with van der Waals surface area (Å²) in [5.41, 5.74) is 23.5. The summed E-state index contributed by atoms with van der Waals surface area (Å²) in [7, 11) is 0. The summed E-state index contributed by atoms with van der Waals surface area (Å²) >= 11 is 0. The molecule has 5 aliphatic rings. The van der Waals surface area contributed by atoms with Gasteiger partial charge in [0, 0.05) is 22.6 Å². The molecule has 0 unspecified atom stereocenters. The van der Waals surface area contributed by atoms with Crippen LogP contribution >= 0.6 is 0 Å². The van der Waals surface area contributed by atoms with Crippen LogP contribution in [0.3, 0.4) is 0 Å². The molecule has 4 aliphatic carbocycles. The predicted molar refractivity (Wildman–Crippen MR) is 222 cm³/mol. The molecule has 0 saturated heterocycles. The van der Waals surface area contributed by atoms with Gasteiger partial charge in [-0.2, -0.15) is 0 Å². The summed E-state index contributed by atoms with van der Waals surface area (Å²) < 4.78 is 0. The van der Waals surface area contributed by atoms with Gasteiger partial charge < -0.3 is 4.90 Å². The van der Waals surface area contributed by atoms with Gasteiger partial charge in [-0.3, -0.25) is 0 Å². The molecule has 1 aliphatic heterocycles. The summed E-state index contributed by atoms with van der Waals surface area (Å²) in [5, 5.41) is 0. The standard InChI is InChI=1S/C53H37N/c1-52(2)42-22-12-9-19-38(42)39-27-26-36(32-45(39)52)54-47-29-25-35(33-15-5-3-6-16-33)31-46(47)53-43-23-13-10-20-40(43)49(41-21-11-14-24-44(41)53)50-37(28-30-48(54)51(50)53)34-17-7-4-8-18-34/h3-32,49H,1-2H3. The van der Waals surface area contributed by atoms with Crippen LogP contribution in [-0.2, 0) is 10.8 Å². The van der Waals surface area contributed by atoms with E-state index in [1.165, 1.54) is 101 Å². The number of anilines is 3. The van der Waals surface area contributed by atoms with E-state index < -0.39 is 5.41 Å². The topological polar surface area (TPSA) is 3.24 Å². The van der Waals surface area contributed by atoms with E-state index in [1.807, 2.05) is 0 Å². The van der Waals surface area contributed by atoms with E-state index in [-0.39, 0.29) is 11.3 Å². The molecule has 1 spiro atoms. The minimum Gasteiger partial charge on any atom is -0.310 e. The quantitative estimate of drug-likeness (QED) is 0.179. The molecule has 0 radical (unpaired) electrons. The predicted octanol–water partition coefficient (Wildman–Crippen LogP) is 13.3. The molecule has 0 amide bonds. The summed E-state index contributed by atoms with van der Waals surface area (Å²) in [5.74, 6) is 0.124. The van der Waals surface area contributed by atoms with Crippen molar-refractivity contribution in [1.82, 2.24) is 0 Å². The van der Waals surface area contributed by atoms with Crippen LogP contribution in [0.4, 0.5) is 17.1 Å². The van der Waals surface area contributed by atoms with Gasteiger partial charge in [-0.15, -0.1) is 0 Å². The zero-order valence-corrected chi connectivity index (χ0v) is 30.3. The highest BCUT2D eigenvalue weighted by Gasteiger charge is 2.58. The van der Waals surface area contributed by atoms with Crippen LogP contribution in [0.25, 0.3) is 33.4 Å². The van der Waals surface area contributed by atoms with Gasteiger partial charge >= 0.3 is 0 Å². The normalized spacial score (nSPS) is 18.6. The molecule has 1 heteroatoms. The Balaban J connectivity index is 1.23. The van der Waals surface area contributed by atoms with E-state index >= 15 is 0 Å². The van der Waals surface area contributed by atoms with Gasteiger partial charge in [-0.25, -0.2) is 0 Å². The van der Waals surface area contributed by atoms with E-state index in [2.05, 4.69) is 201 Å². The molecule has 0 saturated carbocycles. The molecule has 0 fully saturated rings. The lowest BCUT2D eigenvalue weighted by Gasteiger charge is -2.56. The van der Waals surface area contributed by atoms with Gasteiger partial charge in [0.2, 0.25) is 0 Å². The zero-order chi connectivity index (χ0) is 35.8. The van der Waals surface area contributed by atoms with Crippen molar-refractivity contribution < 1.29 is 0 Å². The van der Waals surface area contributed by atoms with Gasteiger partial charge in [-0.05, 0) is 108 Å².